The van der Waals surface area contributed by atoms with Gasteiger partial charge in [-0.2, -0.15) is 0 Å². The number of carbonyl (C=O) groups is 1. The molecule has 3 N–H and O–H groups in total. The van der Waals surface area contributed by atoms with Gasteiger partial charge in [-0.1, -0.05) is 19.3 Å². The molecular weight excluding hydrogens is 218 g/mol. The Morgan fingerprint density at radius 1 is 1.41 bits per heavy atom. The van der Waals surface area contributed by atoms with Crippen LogP contribution in [0.3, 0.4) is 0 Å². The SMILES string of the molecule is CCOC(=O)CC(O)CC(N)C1CCCCC1. The van der Waals surface area contributed by atoms with Gasteiger partial charge in [0.05, 0.1) is 19.1 Å². The van der Waals surface area contributed by atoms with Crippen molar-refractivity contribution in [3.8, 4) is 0 Å². The number of hydrogen-bond acceptors (Lipinski definition) is 4. The summed E-state index contributed by atoms with van der Waals surface area (Å²) >= 11 is 0. The molecule has 1 fully saturated rings. The van der Waals surface area contributed by atoms with Crippen molar-refractivity contribution in [3.63, 3.8) is 0 Å². The van der Waals surface area contributed by atoms with Crippen molar-refractivity contribution >= 4 is 5.97 Å². The van der Waals surface area contributed by atoms with Crippen LogP contribution in [-0.4, -0.2) is 29.8 Å². The molecule has 1 rings (SSSR count). The molecule has 0 heterocycles. The first-order valence-corrected chi connectivity index (χ1v) is 6.72. The summed E-state index contributed by atoms with van der Waals surface area (Å²) in [7, 11) is 0. The third-order valence-corrected chi connectivity index (χ3v) is 3.51. The largest absolute Gasteiger partial charge is 0.466 e. The minimum Gasteiger partial charge on any atom is -0.466 e. The number of aliphatic hydroxyl groups excluding tert-OH is 1. The van der Waals surface area contributed by atoms with Crippen LogP contribution in [0.5, 0.6) is 0 Å². The molecule has 0 bridgehead atoms. The molecule has 0 radical (unpaired) electrons. The highest BCUT2D eigenvalue weighted by atomic mass is 16.5. The zero-order valence-corrected chi connectivity index (χ0v) is 10.7. The Morgan fingerprint density at radius 3 is 2.65 bits per heavy atom. The van der Waals surface area contributed by atoms with Crippen LogP contribution in [0.1, 0.15) is 51.9 Å². The van der Waals surface area contributed by atoms with E-state index in [0.717, 1.165) is 12.8 Å². The van der Waals surface area contributed by atoms with Gasteiger partial charge in [0.25, 0.3) is 0 Å². The van der Waals surface area contributed by atoms with Crippen LogP contribution in [0.4, 0.5) is 0 Å². The fourth-order valence-electron chi connectivity index (χ4n) is 2.56. The van der Waals surface area contributed by atoms with E-state index in [1.807, 2.05) is 0 Å². The average molecular weight is 243 g/mol. The zero-order valence-electron chi connectivity index (χ0n) is 10.7. The topological polar surface area (TPSA) is 72.5 Å². The predicted octanol–water partition coefficient (Wildman–Crippen LogP) is 1.60. The van der Waals surface area contributed by atoms with Crippen molar-refractivity contribution in [2.24, 2.45) is 11.7 Å². The van der Waals surface area contributed by atoms with E-state index in [-0.39, 0.29) is 18.4 Å². The van der Waals surface area contributed by atoms with Gasteiger partial charge in [-0.25, -0.2) is 0 Å². The summed E-state index contributed by atoms with van der Waals surface area (Å²) in [6.45, 7) is 2.12. The van der Waals surface area contributed by atoms with Crippen molar-refractivity contribution < 1.29 is 14.6 Å². The molecule has 4 heteroatoms. The van der Waals surface area contributed by atoms with E-state index in [4.69, 9.17) is 10.5 Å². The summed E-state index contributed by atoms with van der Waals surface area (Å²) in [5.41, 5.74) is 6.09. The van der Waals surface area contributed by atoms with Crippen molar-refractivity contribution in [2.75, 3.05) is 6.61 Å². The van der Waals surface area contributed by atoms with Crippen LogP contribution < -0.4 is 5.73 Å². The highest BCUT2D eigenvalue weighted by Crippen LogP contribution is 2.27. The minimum absolute atomic E-state index is 0.0136. The Labute approximate surface area is 104 Å². The maximum Gasteiger partial charge on any atom is 0.308 e. The molecule has 100 valence electrons. The van der Waals surface area contributed by atoms with E-state index in [0.29, 0.717) is 18.9 Å². The first-order chi connectivity index (χ1) is 8.13. The summed E-state index contributed by atoms with van der Waals surface area (Å²) in [4.78, 5) is 11.2. The highest BCUT2D eigenvalue weighted by molar-refractivity contribution is 5.69. The molecule has 1 aliphatic rings. The number of hydrogen-bond donors (Lipinski definition) is 2. The molecule has 1 saturated carbocycles. The third-order valence-electron chi connectivity index (χ3n) is 3.51. The standard InChI is InChI=1S/C13H25NO3/c1-2-17-13(16)9-11(15)8-12(14)10-6-4-3-5-7-10/h10-12,15H,2-9,14H2,1H3. The summed E-state index contributed by atoms with van der Waals surface area (Å²) in [6, 6.07) is 0.0136. The molecule has 0 spiro atoms. The second-order valence-electron chi connectivity index (χ2n) is 4.96. The fraction of sp³-hybridized carbons (Fsp3) is 0.923. The Morgan fingerprint density at radius 2 is 2.06 bits per heavy atom. The van der Waals surface area contributed by atoms with E-state index in [9.17, 15) is 9.90 Å². The van der Waals surface area contributed by atoms with Crippen molar-refractivity contribution in [1.82, 2.24) is 0 Å². The molecule has 2 unspecified atom stereocenters. The second-order valence-corrected chi connectivity index (χ2v) is 4.96. The Hall–Kier alpha value is -0.610. The third kappa shape index (κ3) is 5.50. The first-order valence-electron chi connectivity index (χ1n) is 6.72. The number of rotatable bonds is 6. The molecule has 1 aliphatic carbocycles. The molecule has 0 saturated heterocycles. The van der Waals surface area contributed by atoms with Crippen molar-refractivity contribution in [3.05, 3.63) is 0 Å². The Balaban J connectivity index is 2.24. The molecular formula is C13H25NO3. The maximum absolute atomic E-state index is 11.2. The number of aliphatic hydroxyl groups is 1. The maximum atomic E-state index is 11.2. The van der Waals surface area contributed by atoms with Gasteiger partial charge in [0.1, 0.15) is 0 Å². The van der Waals surface area contributed by atoms with Crippen LogP contribution in [-0.2, 0) is 9.53 Å². The summed E-state index contributed by atoms with van der Waals surface area (Å²) < 4.78 is 4.80. The van der Waals surface area contributed by atoms with E-state index in [1.54, 1.807) is 6.92 Å². The molecule has 0 aromatic carbocycles. The van der Waals surface area contributed by atoms with Crippen LogP contribution >= 0.6 is 0 Å². The van der Waals surface area contributed by atoms with Crippen molar-refractivity contribution in [1.29, 1.82) is 0 Å². The number of carbonyl (C=O) groups excluding carboxylic acids is 1. The minimum atomic E-state index is -0.661. The summed E-state index contributed by atoms with van der Waals surface area (Å²) in [5, 5.41) is 9.77. The van der Waals surface area contributed by atoms with Gasteiger partial charge >= 0.3 is 5.97 Å². The molecule has 0 aromatic rings. The van der Waals surface area contributed by atoms with Gasteiger partial charge in [-0.3, -0.25) is 4.79 Å². The molecule has 17 heavy (non-hydrogen) atoms. The zero-order chi connectivity index (χ0) is 12.7. The molecule has 0 aromatic heterocycles. The van der Waals surface area contributed by atoms with Gasteiger partial charge in [-0.15, -0.1) is 0 Å². The quantitative estimate of drug-likeness (QED) is 0.695. The monoisotopic (exact) mass is 243 g/mol. The number of nitrogens with two attached hydrogens (primary N) is 1. The molecule has 0 aliphatic heterocycles. The van der Waals surface area contributed by atoms with E-state index >= 15 is 0 Å². The van der Waals surface area contributed by atoms with Gasteiger partial charge in [-0.05, 0) is 32.1 Å². The van der Waals surface area contributed by atoms with Crippen molar-refractivity contribution in [2.45, 2.75) is 64.0 Å². The number of esters is 1. The fourth-order valence-corrected chi connectivity index (χ4v) is 2.56. The lowest BCUT2D eigenvalue weighted by molar-refractivity contribution is -0.145. The lowest BCUT2D eigenvalue weighted by Crippen LogP contribution is -2.35. The van der Waals surface area contributed by atoms with Gasteiger partial charge in [0, 0.05) is 6.04 Å². The number of ether oxygens (including phenoxy) is 1. The van der Waals surface area contributed by atoms with Gasteiger partial charge in [0.2, 0.25) is 0 Å². The van der Waals surface area contributed by atoms with E-state index < -0.39 is 6.10 Å². The predicted molar refractivity (Wildman–Crippen MR) is 66.4 cm³/mol. The van der Waals surface area contributed by atoms with Crippen LogP contribution in [0.2, 0.25) is 0 Å². The van der Waals surface area contributed by atoms with Gasteiger partial charge < -0.3 is 15.6 Å². The lowest BCUT2D eigenvalue weighted by atomic mass is 9.82. The summed E-state index contributed by atoms with van der Waals surface area (Å²) in [6.07, 6.45) is 6.01. The molecule has 2 atom stereocenters. The van der Waals surface area contributed by atoms with Gasteiger partial charge in [0.15, 0.2) is 0 Å². The normalized spacial score (nSPS) is 20.9. The average Bonchev–Trinajstić information content (AvgIpc) is 2.30. The lowest BCUT2D eigenvalue weighted by Gasteiger charge is -2.28. The molecule has 0 amide bonds. The van der Waals surface area contributed by atoms with E-state index in [1.165, 1.54) is 19.3 Å². The summed E-state index contributed by atoms with van der Waals surface area (Å²) in [5.74, 6) is 0.177. The second kappa shape index (κ2) is 7.67. The first kappa shape index (κ1) is 14.5. The van der Waals surface area contributed by atoms with E-state index in [2.05, 4.69) is 0 Å². The Bertz CT molecular complexity index is 227. The smallest absolute Gasteiger partial charge is 0.308 e. The Kier molecular flexibility index (Phi) is 6.52. The van der Waals surface area contributed by atoms with Crippen LogP contribution in [0.15, 0.2) is 0 Å². The molecule has 4 nitrogen and oxygen atoms in total. The van der Waals surface area contributed by atoms with Crippen LogP contribution in [0, 0.1) is 5.92 Å². The highest BCUT2D eigenvalue weighted by Gasteiger charge is 2.23. The van der Waals surface area contributed by atoms with Crippen LogP contribution in [0.25, 0.3) is 0 Å².